The van der Waals surface area contributed by atoms with Crippen LogP contribution < -0.4 is 5.73 Å². The summed E-state index contributed by atoms with van der Waals surface area (Å²) in [6.45, 7) is 2.23. The van der Waals surface area contributed by atoms with Crippen LogP contribution in [0.25, 0.3) is 0 Å². The molecule has 5 heteroatoms. The van der Waals surface area contributed by atoms with Crippen molar-refractivity contribution in [1.29, 1.82) is 0 Å². The Morgan fingerprint density at radius 2 is 2.12 bits per heavy atom. The van der Waals surface area contributed by atoms with Crippen molar-refractivity contribution in [3.05, 3.63) is 35.4 Å². The largest absolute Gasteiger partial charge is 0.330 e. The van der Waals surface area contributed by atoms with E-state index in [4.69, 9.17) is 5.73 Å². The van der Waals surface area contributed by atoms with Crippen molar-refractivity contribution in [1.82, 2.24) is 0 Å². The Balaban J connectivity index is 2.72. The summed E-state index contributed by atoms with van der Waals surface area (Å²) in [5.74, 6) is -1.00. The molecular formula is C11H15F2NOS. The summed E-state index contributed by atoms with van der Waals surface area (Å²) >= 11 is 0. The minimum Gasteiger partial charge on any atom is -0.330 e. The smallest absolute Gasteiger partial charge is 0.127 e. The summed E-state index contributed by atoms with van der Waals surface area (Å²) in [5, 5.41) is -0.104. The Kier molecular flexibility index (Phi) is 5.02. The van der Waals surface area contributed by atoms with Crippen LogP contribution in [-0.2, 0) is 16.6 Å². The van der Waals surface area contributed by atoms with Crippen molar-refractivity contribution in [3.8, 4) is 0 Å². The quantitative estimate of drug-likeness (QED) is 0.864. The van der Waals surface area contributed by atoms with Crippen molar-refractivity contribution in [3.63, 3.8) is 0 Å². The number of nitrogens with two attached hydrogens (primary N) is 1. The Morgan fingerprint density at radius 3 is 2.75 bits per heavy atom. The van der Waals surface area contributed by atoms with E-state index < -0.39 is 22.4 Å². The lowest BCUT2D eigenvalue weighted by Gasteiger charge is -2.10. The van der Waals surface area contributed by atoms with Crippen molar-refractivity contribution >= 4 is 10.8 Å². The zero-order chi connectivity index (χ0) is 12.1. The molecule has 0 aliphatic carbocycles. The van der Waals surface area contributed by atoms with Crippen LogP contribution >= 0.6 is 0 Å². The topological polar surface area (TPSA) is 43.1 Å². The van der Waals surface area contributed by atoms with Gasteiger partial charge in [0.15, 0.2) is 0 Å². The van der Waals surface area contributed by atoms with Crippen LogP contribution in [-0.4, -0.2) is 16.0 Å². The first-order valence-corrected chi connectivity index (χ1v) is 6.44. The van der Waals surface area contributed by atoms with E-state index in [1.54, 1.807) is 6.92 Å². The second kappa shape index (κ2) is 6.06. The second-order valence-corrected chi connectivity index (χ2v) is 5.50. The fourth-order valence-corrected chi connectivity index (χ4v) is 2.53. The average molecular weight is 247 g/mol. The normalized spacial score (nSPS) is 14.8. The molecule has 1 rings (SSSR count). The van der Waals surface area contributed by atoms with Crippen LogP contribution in [0.5, 0.6) is 0 Å². The molecular weight excluding hydrogens is 232 g/mol. The molecule has 90 valence electrons. The van der Waals surface area contributed by atoms with Gasteiger partial charge in [0.25, 0.3) is 0 Å². The van der Waals surface area contributed by atoms with Gasteiger partial charge in [-0.1, -0.05) is 6.92 Å². The molecule has 0 saturated carbocycles. The molecule has 1 aromatic rings. The first-order chi connectivity index (χ1) is 7.54. The third-order valence-electron chi connectivity index (χ3n) is 2.33. The van der Waals surface area contributed by atoms with E-state index in [0.29, 0.717) is 13.0 Å². The molecule has 16 heavy (non-hydrogen) atoms. The van der Waals surface area contributed by atoms with E-state index in [1.165, 1.54) is 0 Å². The maximum Gasteiger partial charge on any atom is 0.127 e. The van der Waals surface area contributed by atoms with Gasteiger partial charge in [-0.3, -0.25) is 4.21 Å². The Bertz CT molecular complexity index is 384. The van der Waals surface area contributed by atoms with Crippen molar-refractivity contribution < 1.29 is 13.0 Å². The van der Waals surface area contributed by atoms with Gasteiger partial charge < -0.3 is 5.73 Å². The molecule has 0 fully saturated rings. The van der Waals surface area contributed by atoms with Crippen molar-refractivity contribution in [2.75, 3.05) is 6.54 Å². The van der Waals surface area contributed by atoms with Crippen LogP contribution in [0.3, 0.4) is 0 Å². The van der Waals surface area contributed by atoms with Gasteiger partial charge in [0.2, 0.25) is 0 Å². The summed E-state index contributed by atoms with van der Waals surface area (Å²) in [7, 11) is -1.22. The number of hydrogen-bond acceptors (Lipinski definition) is 2. The third-order valence-corrected chi connectivity index (χ3v) is 4.06. The third kappa shape index (κ3) is 3.64. The van der Waals surface area contributed by atoms with Crippen LogP contribution in [0.1, 0.15) is 18.9 Å². The van der Waals surface area contributed by atoms with Gasteiger partial charge in [0.1, 0.15) is 11.6 Å². The van der Waals surface area contributed by atoms with Crippen molar-refractivity contribution in [2.45, 2.75) is 24.3 Å². The first-order valence-electron chi connectivity index (χ1n) is 5.05. The fraction of sp³-hybridized carbons (Fsp3) is 0.455. The van der Waals surface area contributed by atoms with E-state index in [9.17, 15) is 13.0 Å². The lowest BCUT2D eigenvalue weighted by molar-refractivity contribution is 0.589. The second-order valence-electron chi connectivity index (χ2n) is 3.65. The molecule has 0 spiro atoms. The Morgan fingerprint density at radius 1 is 1.44 bits per heavy atom. The number of rotatable bonds is 5. The average Bonchev–Trinajstić information content (AvgIpc) is 2.23. The van der Waals surface area contributed by atoms with Crippen LogP contribution in [0.15, 0.2) is 18.2 Å². The molecule has 0 aliphatic heterocycles. The molecule has 2 unspecified atom stereocenters. The zero-order valence-electron chi connectivity index (χ0n) is 9.08. The Labute approximate surface area is 96.3 Å². The lowest BCUT2D eigenvalue weighted by Crippen LogP contribution is -2.17. The molecule has 0 bridgehead atoms. The molecule has 2 nitrogen and oxygen atoms in total. The standard InChI is InChI=1S/C11H15F2NOS/c1-8(4-5-14)16(15)7-9-6-10(12)2-3-11(9)13/h2-3,6,8H,4-5,7,14H2,1H3. The van der Waals surface area contributed by atoms with Gasteiger partial charge >= 0.3 is 0 Å². The molecule has 0 heterocycles. The summed E-state index contributed by atoms with van der Waals surface area (Å²) in [6, 6.07) is 3.18. The van der Waals surface area contributed by atoms with E-state index >= 15 is 0 Å². The molecule has 0 saturated heterocycles. The highest BCUT2D eigenvalue weighted by molar-refractivity contribution is 7.84. The molecule has 2 atom stereocenters. The monoisotopic (exact) mass is 247 g/mol. The number of hydrogen-bond donors (Lipinski definition) is 1. The molecule has 1 aromatic carbocycles. The van der Waals surface area contributed by atoms with Gasteiger partial charge in [-0.2, -0.15) is 0 Å². The highest BCUT2D eigenvalue weighted by atomic mass is 32.2. The predicted octanol–water partition coefficient (Wildman–Crippen LogP) is 1.95. The summed E-state index contributed by atoms with van der Waals surface area (Å²) in [5.41, 5.74) is 5.50. The van der Waals surface area contributed by atoms with Gasteiger partial charge in [-0.05, 0) is 31.2 Å². The minimum absolute atomic E-state index is 0.0325. The summed E-state index contributed by atoms with van der Waals surface area (Å²) < 4.78 is 37.8. The van der Waals surface area contributed by atoms with Crippen LogP contribution in [0, 0.1) is 11.6 Å². The van der Waals surface area contributed by atoms with E-state index in [1.807, 2.05) is 0 Å². The van der Waals surface area contributed by atoms with Crippen LogP contribution in [0.4, 0.5) is 8.78 Å². The maximum atomic E-state index is 13.3. The summed E-state index contributed by atoms with van der Waals surface area (Å²) in [6.07, 6.45) is 0.615. The number of halogens is 2. The lowest BCUT2D eigenvalue weighted by atomic mass is 10.2. The van der Waals surface area contributed by atoms with Gasteiger partial charge in [0.05, 0.1) is 5.75 Å². The highest BCUT2D eigenvalue weighted by Gasteiger charge is 2.13. The molecule has 0 amide bonds. The SMILES string of the molecule is CC(CCN)S(=O)Cc1cc(F)ccc1F. The van der Waals surface area contributed by atoms with Crippen molar-refractivity contribution in [2.24, 2.45) is 5.73 Å². The van der Waals surface area contributed by atoms with Gasteiger partial charge in [-0.25, -0.2) is 8.78 Å². The number of benzene rings is 1. The van der Waals surface area contributed by atoms with E-state index in [2.05, 4.69) is 0 Å². The highest BCUT2D eigenvalue weighted by Crippen LogP contribution is 2.14. The van der Waals surface area contributed by atoms with Gasteiger partial charge in [0, 0.05) is 21.6 Å². The maximum absolute atomic E-state index is 13.3. The minimum atomic E-state index is -1.22. The summed E-state index contributed by atoms with van der Waals surface area (Å²) in [4.78, 5) is 0. The molecule has 0 aliphatic rings. The van der Waals surface area contributed by atoms with E-state index in [-0.39, 0.29) is 16.6 Å². The predicted molar refractivity (Wildman–Crippen MR) is 61.3 cm³/mol. The molecule has 0 radical (unpaired) electrons. The van der Waals surface area contributed by atoms with Crippen LogP contribution in [0.2, 0.25) is 0 Å². The van der Waals surface area contributed by atoms with Gasteiger partial charge in [-0.15, -0.1) is 0 Å². The molecule has 0 aromatic heterocycles. The fourth-order valence-electron chi connectivity index (χ4n) is 1.32. The Hall–Kier alpha value is -0.810. The zero-order valence-corrected chi connectivity index (χ0v) is 9.90. The first kappa shape index (κ1) is 13.3. The van der Waals surface area contributed by atoms with E-state index in [0.717, 1.165) is 18.2 Å². The molecule has 2 N–H and O–H groups in total.